The van der Waals surface area contributed by atoms with Crippen LogP contribution in [0.3, 0.4) is 0 Å². The Balaban J connectivity index is 2.17. The van der Waals surface area contributed by atoms with Gasteiger partial charge < -0.3 is 10.1 Å². The zero-order valence-corrected chi connectivity index (χ0v) is 21.2. The number of ketones is 3. The highest BCUT2D eigenvalue weighted by molar-refractivity contribution is 6.39. The van der Waals surface area contributed by atoms with Gasteiger partial charge >= 0.3 is 6.09 Å². The van der Waals surface area contributed by atoms with Crippen LogP contribution >= 0.6 is 0 Å². The molecule has 6 nitrogen and oxygen atoms in total. The monoisotopic (exact) mass is 449 g/mol. The summed E-state index contributed by atoms with van der Waals surface area (Å²) in [6, 6.07) is -0.712. The Labute approximate surface area is 193 Å². The minimum Gasteiger partial charge on any atom is -0.444 e. The maximum absolute atomic E-state index is 13.5. The van der Waals surface area contributed by atoms with Crippen molar-refractivity contribution in [2.45, 2.75) is 124 Å². The second-order valence-corrected chi connectivity index (χ2v) is 12.7. The maximum atomic E-state index is 13.5. The highest BCUT2D eigenvalue weighted by atomic mass is 16.6. The molecule has 2 fully saturated rings. The second kappa shape index (κ2) is 9.64. The summed E-state index contributed by atoms with van der Waals surface area (Å²) < 4.78 is 5.40. The van der Waals surface area contributed by atoms with E-state index in [1.807, 2.05) is 20.8 Å². The van der Waals surface area contributed by atoms with Crippen molar-refractivity contribution in [1.29, 1.82) is 0 Å². The molecule has 0 heterocycles. The summed E-state index contributed by atoms with van der Waals surface area (Å²) in [6.07, 6.45) is 6.33. The van der Waals surface area contributed by atoms with Crippen LogP contribution in [0.5, 0.6) is 0 Å². The molecule has 0 spiro atoms. The zero-order valence-electron chi connectivity index (χ0n) is 21.2. The number of ether oxygens (including phenoxy) is 1. The molecular weight excluding hydrogens is 406 g/mol. The SMILES string of the molecule is CC(C)(C)CC(=O)C(=O)C1(CC(=O)[C@H](CC2(C)CCCC2)NC(=O)OC(C)(C)C)CCC1. The minimum absolute atomic E-state index is 0.0122. The Hall–Kier alpha value is -1.72. The molecule has 182 valence electrons. The van der Waals surface area contributed by atoms with Gasteiger partial charge in [0.1, 0.15) is 5.60 Å². The smallest absolute Gasteiger partial charge is 0.408 e. The molecule has 1 atom stereocenters. The number of nitrogens with one attached hydrogen (secondary N) is 1. The van der Waals surface area contributed by atoms with Crippen LogP contribution in [0, 0.1) is 16.2 Å². The second-order valence-electron chi connectivity index (χ2n) is 12.7. The number of Topliss-reactive ketones (excluding diaryl/α,β-unsaturated/α-hetero) is 3. The van der Waals surface area contributed by atoms with Crippen molar-refractivity contribution in [3.05, 3.63) is 0 Å². The normalized spacial score (nSPS) is 20.7. The molecule has 1 N–H and O–H groups in total. The molecule has 2 aliphatic rings. The summed E-state index contributed by atoms with van der Waals surface area (Å²) >= 11 is 0. The van der Waals surface area contributed by atoms with Crippen molar-refractivity contribution in [3.8, 4) is 0 Å². The third kappa shape index (κ3) is 7.41. The van der Waals surface area contributed by atoms with Crippen molar-refractivity contribution >= 4 is 23.4 Å². The molecule has 0 aromatic rings. The van der Waals surface area contributed by atoms with Crippen LogP contribution in [0.25, 0.3) is 0 Å². The van der Waals surface area contributed by atoms with Crippen molar-refractivity contribution in [1.82, 2.24) is 5.32 Å². The van der Waals surface area contributed by atoms with Crippen molar-refractivity contribution in [2.24, 2.45) is 16.2 Å². The number of carbonyl (C=O) groups is 4. The van der Waals surface area contributed by atoms with Gasteiger partial charge in [-0.25, -0.2) is 4.79 Å². The van der Waals surface area contributed by atoms with E-state index in [9.17, 15) is 19.2 Å². The molecule has 2 saturated carbocycles. The lowest BCUT2D eigenvalue weighted by molar-refractivity contribution is -0.149. The Bertz CT molecular complexity index is 730. The van der Waals surface area contributed by atoms with E-state index < -0.39 is 28.9 Å². The van der Waals surface area contributed by atoms with E-state index in [2.05, 4.69) is 12.2 Å². The molecule has 1 amide bonds. The molecule has 0 bridgehead atoms. The predicted octanol–water partition coefficient (Wildman–Crippen LogP) is 5.55. The minimum atomic E-state index is -0.899. The molecule has 32 heavy (non-hydrogen) atoms. The molecular formula is C26H43NO5. The molecule has 0 aliphatic heterocycles. The average Bonchev–Trinajstić information content (AvgIpc) is 2.99. The molecule has 2 aliphatic carbocycles. The van der Waals surface area contributed by atoms with Crippen LogP contribution in [0.4, 0.5) is 4.79 Å². The van der Waals surface area contributed by atoms with Crippen molar-refractivity contribution in [2.75, 3.05) is 0 Å². The van der Waals surface area contributed by atoms with E-state index in [1.165, 1.54) is 0 Å². The van der Waals surface area contributed by atoms with Gasteiger partial charge in [0, 0.05) is 18.3 Å². The fraction of sp³-hybridized carbons (Fsp3) is 0.846. The number of amides is 1. The lowest BCUT2D eigenvalue weighted by Gasteiger charge is -2.41. The summed E-state index contributed by atoms with van der Waals surface area (Å²) in [5.74, 6) is -0.958. The van der Waals surface area contributed by atoms with Crippen LogP contribution in [-0.4, -0.2) is 35.1 Å². The van der Waals surface area contributed by atoms with Gasteiger partial charge in [-0.1, -0.05) is 47.0 Å². The fourth-order valence-electron chi connectivity index (χ4n) is 5.02. The van der Waals surface area contributed by atoms with E-state index in [1.54, 1.807) is 20.8 Å². The lowest BCUT2D eigenvalue weighted by atomic mass is 9.61. The molecule has 0 aromatic carbocycles. The fourth-order valence-corrected chi connectivity index (χ4v) is 5.02. The van der Waals surface area contributed by atoms with Gasteiger partial charge in [0.15, 0.2) is 11.6 Å². The van der Waals surface area contributed by atoms with Crippen molar-refractivity contribution < 1.29 is 23.9 Å². The van der Waals surface area contributed by atoms with Gasteiger partial charge in [0.2, 0.25) is 5.78 Å². The van der Waals surface area contributed by atoms with Crippen LogP contribution in [0.15, 0.2) is 0 Å². The third-order valence-corrected chi connectivity index (χ3v) is 6.84. The summed E-state index contributed by atoms with van der Waals surface area (Å²) in [5, 5.41) is 2.80. The number of hydrogen-bond acceptors (Lipinski definition) is 5. The van der Waals surface area contributed by atoms with Crippen LogP contribution < -0.4 is 5.32 Å². The lowest BCUT2D eigenvalue weighted by Crippen LogP contribution is -2.50. The molecule has 0 saturated heterocycles. The Morgan fingerprint density at radius 2 is 1.47 bits per heavy atom. The van der Waals surface area contributed by atoms with Gasteiger partial charge in [-0.05, 0) is 63.7 Å². The molecule has 6 heteroatoms. The molecule has 0 unspecified atom stereocenters. The standard InChI is InChI=1S/C26H43NO5/c1-23(2,3)16-20(29)21(30)26(13-10-14-26)17-19(28)18(15-25(7)11-8-9-12-25)27-22(31)32-24(4,5)6/h18H,8-17H2,1-7H3,(H,27,31)/t18-/m0/s1. The Morgan fingerprint density at radius 3 is 1.91 bits per heavy atom. The van der Waals surface area contributed by atoms with E-state index >= 15 is 0 Å². The van der Waals surface area contributed by atoms with Crippen LogP contribution in [0.2, 0.25) is 0 Å². The summed E-state index contributed by atoms with van der Waals surface area (Å²) in [6.45, 7) is 13.3. The van der Waals surface area contributed by atoms with Gasteiger partial charge in [-0.3, -0.25) is 14.4 Å². The number of hydrogen-bond donors (Lipinski definition) is 1. The topological polar surface area (TPSA) is 89.5 Å². The van der Waals surface area contributed by atoms with Crippen LogP contribution in [-0.2, 0) is 19.1 Å². The van der Waals surface area contributed by atoms with Gasteiger partial charge in [0.25, 0.3) is 0 Å². The maximum Gasteiger partial charge on any atom is 0.408 e. The number of rotatable bonds is 9. The quantitative estimate of drug-likeness (QED) is 0.466. The first-order valence-electron chi connectivity index (χ1n) is 12.1. The summed E-state index contributed by atoms with van der Waals surface area (Å²) in [7, 11) is 0. The summed E-state index contributed by atoms with van der Waals surface area (Å²) in [4.78, 5) is 51.7. The average molecular weight is 450 g/mol. The van der Waals surface area contributed by atoms with Crippen molar-refractivity contribution in [3.63, 3.8) is 0 Å². The van der Waals surface area contributed by atoms with Crippen LogP contribution in [0.1, 0.15) is 113 Å². The van der Waals surface area contributed by atoms with Gasteiger partial charge in [0.05, 0.1) is 6.04 Å². The predicted molar refractivity (Wildman–Crippen MR) is 124 cm³/mol. The molecule has 0 radical (unpaired) electrons. The molecule has 0 aromatic heterocycles. The third-order valence-electron chi connectivity index (χ3n) is 6.84. The molecule has 2 rings (SSSR count). The highest BCUT2D eigenvalue weighted by Gasteiger charge is 2.49. The zero-order chi connectivity index (χ0) is 24.4. The van der Waals surface area contributed by atoms with Gasteiger partial charge in [-0.2, -0.15) is 0 Å². The van der Waals surface area contributed by atoms with E-state index in [0.29, 0.717) is 19.3 Å². The first kappa shape index (κ1) is 26.5. The van der Waals surface area contributed by atoms with E-state index in [4.69, 9.17) is 4.74 Å². The first-order chi connectivity index (χ1) is 14.5. The highest BCUT2D eigenvalue weighted by Crippen LogP contribution is 2.47. The van der Waals surface area contributed by atoms with E-state index in [-0.39, 0.29) is 35.2 Å². The number of alkyl carbamates (subject to hydrolysis) is 1. The largest absolute Gasteiger partial charge is 0.444 e. The first-order valence-corrected chi connectivity index (χ1v) is 12.1. The Morgan fingerprint density at radius 1 is 0.906 bits per heavy atom. The number of carbonyl (C=O) groups excluding carboxylic acids is 4. The van der Waals surface area contributed by atoms with E-state index in [0.717, 1.165) is 32.1 Å². The van der Waals surface area contributed by atoms with Gasteiger partial charge in [-0.15, -0.1) is 0 Å². The Kier molecular flexibility index (Phi) is 7.99. The summed E-state index contributed by atoms with van der Waals surface area (Å²) in [5.41, 5.74) is -1.86.